The lowest BCUT2D eigenvalue weighted by atomic mass is 10.0. The van der Waals surface area contributed by atoms with E-state index < -0.39 is 28.5 Å². The van der Waals surface area contributed by atoms with Crippen LogP contribution in [-0.4, -0.2) is 43.8 Å². The van der Waals surface area contributed by atoms with Crippen molar-refractivity contribution in [3.05, 3.63) is 129 Å². The number of benzene rings is 4. The number of carbonyl (C=O) groups excluding carboxylic acids is 2. The van der Waals surface area contributed by atoms with Crippen molar-refractivity contribution in [2.75, 3.05) is 10.8 Å². The molecule has 0 saturated heterocycles. The molecule has 1 N–H and O–H groups in total. The maximum Gasteiger partial charge on any atom is 0.264 e. The number of anilines is 1. The molecule has 10 heteroatoms. The summed E-state index contributed by atoms with van der Waals surface area (Å²) < 4.78 is 29.9. The predicted molar refractivity (Wildman–Crippen MR) is 193 cm³/mol. The molecule has 1 saturated carbocycles. The van der Waals surface area contributed by atoms with Gasteiger partial charge >= 0.3 is 0 Å². The quantitative estimate of drug-likeness (QED) is 0.154. The highest BCUT2D eigenvalue weighted by molar-refractivity contribution is 7.92. The van der Waals surface area contributed by atoms with Crippen LogP contribution in [0.25, 0.3) is 0 Å². The third kappa shape index (κ3) is 8.59. The summed E-state index contributed by atoms with van der Waals surface area (Å²) in [5.74, 6) is -0.823. The van der Waals surface area contributed by atoms with E-state index in [9.17, 15) is 18.0 Å². The molecule has 4 aromatic carbocycles. The van der Waals surface area contributed by atoms with Gasteiger partial charge in [-0.15, -0.1) is 0 Å². The smallest absolute Gasteiger partial charge is 0.264 e. The van der Waals surface area contributed by atoms with E-state index in [1.54, 1.807) is 54.6 Å². The summed E-state index contributed by atoms with van der Waals surface area (Å²) in [7, 11) is -4.20. The Labute approximate surface area is 293 Å². The molecule has 1 fully saturated rings. The molecule has 0 bridgehead atoms. The molecule has 0 unspecified atom stereocenters. The molecule has 0 radical (unpaired) electrons. The van der Waals surface area contributed by atoms with Crippen LogP contribution in [0, 0.1) is 6.92 Å². The van der Waals surface area contributed by atoms with Gasteiger partial charge in [-0.05, 0) is 73.2 Å². The Hall–Kier alpha value is -3.85. The predicted octanol–water partition coefficient (Wildman–Crippen LogP) is 7.76. The van der Waals surface area contributed by atoms with Crippen molar-refractivity contribution in [3.8, 4) is 0 Å². The van der Waals surface area contributed by atoms with Crippen LogP contribution in [0.15, 0.2) is 102 Å². The largest absolute Gasteiger partial charge is 0.352 e. The minimum absolute atomic E-state index is 0.0155. The number of nitrogens with zero attached hydrogens (tertiary/aromatic N) is 2. The molecule has 0 aliphatic heterocycles. The zero-order valence-electron chi connectivity index (χ0n) is 27.2. The standard InChI is InChI=1S/C38H41Cl2N3O4S/c1-3-29-13-7-10-16-35(29)43(48(46,47)33-21-17-27(2)18-22-33)26-37(44)42(25-30-19-20-31(39)24-34(30)40)36(23-28-11-5-4-6-12-28)38(45)41-32-14-8-9-15-32/h4-7,10-13,16-22,24,32,36H,3,8-9,14-15,23,25-26H2,1-2H3,(H,41,45)/t36-/m0/s1. The topological polar surface area (TPSA) is 86.8 Å². The molecule has 4 aromatic rings. The van der Waals surface area contributed by atoms with Crippen LogP contribution in [0.2, 0.25) is 10.0 Å². The molecule has 1 atom stereocenters. The van der Waals surface area contributed by atoms with Crippen LogP contribution < -0.4 is 9.62 Å². The molecule has 5 rings (SSSR count). The Morgan fingerprint density at radius 3 is 2.21 bits per heavy atom. The normalized spacial score (nSPS) is 14.0. The van der Waals surface area contributed by atoms with Crippen molar-refractivity contribution in [1.29, 1.82) is 0 Å². The average Bonchev–Trinajstić information content (AvgIpc) is 3.59. The lowest BCUT2D eigenvalue weighted by Gasteiger charge is -2.35. The second-order valence-corrected chi connectivity index (χ2v) is 15.0. The number of carbonyl (C=O) groups is 2. The lowest BCUT2D eigenvalue weighted by molar-refractivity contribution is -0.140. The van der Waals surface area contributed by atoms with Crippen molar-refractivity contribution in [3.63, 3.8) is 0 Å². The Kier molecular flexibility index (Phi) is 11.8. The summed E-state index contributed by atoms with van der Waals surface area (Å²) >= 11 is 12.8. The molecular weight excluding hydrogens is 665 g/mol. The summed E-state index contributed by atoms with van der Waals surface area (Å²) in [4.78, 5) is 30.5. The summed E-state index contributed by atoms with van der Waals surface area (Å²) in [6.45, 7) is 3.27. The van der Waals surface area contributed by atoms with Gasteiger partial charge in [0, 0.05) is 29.1 Å². The first-order chi connectivity index (χ1) is 23.1. The van der Waals surface area contributed by atoms with Crippen molar-refractivity contribution in [2.45, 2.75) is 75.9 Å². The summed E-state index contributed by atoms with van der Waals surface area (Å²) in [5, 5.41) is 3.97. The van der Waals surface area contributed by atoms with Gasteiger partial charge in [-0.25, -0.2) is 8.42 Å². The number of rotatable bonds is 13. The SMILES string of the molecule is CCc1ccccc1N(CC(=O)N(Cc1ccc(Cl)cc1Cl)[C@@H](Cc1ccccc1)C(=O)NC1CCCC1)S(=O)(=O)c1ccc(C)cc1. The molecule has 7 nitrogen and oxygen atoms in total. The summed E-state index contributed by atoms with van der Waals surface area (Å²) in [6, 6.07) is 27.3. The summed E-state index contributed by atoms with van der Waals surface area (Å²) in [6.07, 6.45) is 4.58. The second-order valence-electron chi connectivity index (χ2n) is 12.3. The molecule has 0 heterocycles. The maximum absolute atomic E-state index is 14.8. The number of hydrogen-bond acceptors (Lipinski definition) is 4. The van der Waals surface area contributed by atoms with Gasteiger partial charge in [-0.1, -0.05) is 115 Å². The maximum atomic E-state index is 14.8. The van der Waals surface area contributed by atoms with Gasteiger partial charge in [-0.2, -0.15) is 0 Å². The molecule has 2 amide bonds. The Morgan fingerprint density at radius 2 is 1.54 bits per heavy atom. The van der Waals surface area contributed by atoms with Gasteiger partial charge in [0.05, 0.1) is 10.6 Å². The number of sulfonamides is 1. The Morgan fingerprint density at radius 1 is 0.875 bits per heavy atom. The van der Waals surface area contributed by atoms with Gasteiger partial charge in [0.15, 0.2) is 0 Å². The van der Waals surface area contributed by atoms with Crippen LogP contribution >= 0.6 is 23.2 Å². The fraction of sp³-hybridized carbons (Fsp3) is 0.316. The molecule has 0 aromatic heterocycles. The van der Waals surface area contributed by atoms with E-state index in [-0.39, 0.29) is 29.8 Å². The zero-order valence-corrected chi connectivity index (χ0v) is 29.6. The summed E-state index contributed by atoms with van der Waals surface area (Å²) in [5.41, 5.74) is 3.54. The number of para-hydroxylation sites is 1. The lowest BCUT2D eigenvalue weighted by Crippen LogP contribution is -2.54. The van der Waals surface area contributed by atoms with Gasteiger partial charge in [0.1, 0.15) is 12.6 Å². The van der Waals surface area contributed by atoms with Crippen LogP contribution in [-0.2, 0) is 39.0 Å². The Bertz CT molecular complexity index is 1830. The van der Waals surface area contributed by atoms with Crippen molar-refractivity contribution in [2.24, 2.45) is 0 Å². The highest BCUT2D eigenvalue weighted by Crippen LogP contribution is 2.30. The van der Waals surface area contributed by atoms with Crippen LogP contribution in [0.5, 0.6) is 0 Å². The van der Waals surface area contributed by atoms with Gasteiger partial charge in [-0.3, -0.25) is 13.9 Å². The molecular formula is C38H41Cl2N3O4S. The third-order valence-electron chi connectivity index (χ3n) is 8.86. The van der Waals surface area contributed by atoms with E-state index in [1.165, 1.54) is 9.21 Å². The molecule has 252 valence electrons. The zero-order chi connectivity index (χ0) is 34.3. The fourth-order valence-electron chi connectivity index (χ4n) is 6.16. The Balaban J connectivity index is 1.60. The minimum atomic E-state index is -4.20. The van der Waals surface area contributed by atoms with E-state index in [0.717, 1.165) is 42.4 Å². The van der Waals surface area contributed by atoms with E-state index >= 15 is 0 Å². The van der Waals surface area contributed by atoms with Gasteiger partial charge in [0.2, 0.25) is 11.8 Å². The highest BCUT2D eigenvalue weighted by atomic mass is 35.5. The van der Waals surface area contributed by atoms with Gasteiger partial charge < -0.3 is 10.2 Å². The first kappa shape index (κ1) is 35.5. The number of hydrogen-bond donors (Lipinski definition) is 1. The monoisotopic (exact) mass is 705 g/mol. The fourth-order valence-corrected chi connectivity index (χ4v) is 8.08. The highest BCUT2D eigenvalue weighted by Gasteiger charge is 2.36. The minimum Gasteiger partial charge on any atom is -0.352 e. The first-order valence-corrected chi connectivity index (χ1v) is 18.5. The van der Waals surface area contributed by atoms with Crippen LogP contribution in [0.1, 0.15) is 54.9 Å². The molecule has 1 aliphatic carbocycles. The van der Waals surface area contributed by atoms with Crippen molar-refractivity contribution >= 4 is 50.7 Å². The van der Waals surface area contributed by atoms with Crippen molar-refractivity contribution < 1.29 is 18.0 Å². The third-order valence-corrected chi connectivity index (χ3v) is 11.2. The van der Waals surface area contributed by atoms with E-state index in [4.69, 9.17) is 23.2 Å². The van der Waals surface area contributed by atoms with E-state index in [0.29, 0.717) is 27.7 Å². The molecule has 1 aliphatic rings. The number of nitrogens with one attached hydrogen (secondary N) is 1. The molecule has 48 heavy (non-hydrogen) atoms. The van der Waals surface area contributed by atoms with Crippen molar-refractivity contribution in [1.82, 2.24) is 10.2 Å². The van der Waals surface area contributed by atoms with E-state index in [2.05, 4.69) is 5.32 Å². The second kappa shape index (κ2) is 16.0. The first-order valence-electron chi connectivity index (χ1n) is 16.3. The number of aryl methyl sites for hydroxylation is 2. The van der Waals surface area contributed by atoms with Crippen LogP contribution in [0.3, 0.4) is 0 Å². The molecule has 0 spiro atoms. The number of amides is 2. The average molecular weight is 707 g/mol. The van der Waals surface area contributed by atoms with Crippen LogP contribution in [0.4, 0.5) is 5.69 Å². The number of halogens is 2. The van der Waals surface area contributed by atoms with Gasteiger partial charge in [0.25, 0.3) is 10.0 Å². The van der Waals surface area contributed by atoms with E-state index in [1.807, 2.05) is 56.3 Å².